The van der Waals surface area contributed by atoms with E-state index < -0.39 is 0 Å². The summed E-state index contributed by atoms with van der Waals surface area (Å²) in [6.07, 6.45) is 0.602. The van der Waals surface area contributed by atoms with Crippen LogP contribution in [-0.4, -0.2) is 24.5 Å². The van der Waals surface area contributed by atoms with E-state index in [1.165, 1.54) is 5.56 Å². The summed E-state index contributed by atoms with van der Waals surface area (Å²) in [5.41, 5.74) is 3.85. The Labute approximate surface area is 159 Å². The molecule has 1 aliphatic rings. The van der Waals surface area contributed by atoms with Crippen LogP contribution in [-0.2, 0) is 6.42 Å². The van der Waals surface area contributed by atoms with E-state index in [1.807, 2.05) is 71.6 Å². The second kappa shape index (κ2) is 7.54. The molecule has 0 spiro atoms. The number of hydrogen-bond acceptors (Lipinski definition) is 3. The minimum Gasteiger partial charge on any atom is -0.497 e. The van der Waals surface area contributed by atoms with Crippen LogP contribution >= 0.6 is 0 Å². The van der Waals surface area contributed by atoms with E-state index in [0.717, 1.165) is 29.0 Å². The van der Waals surface area contributed by atoms with Gasteiger partial charge in [0.2, 0.25) is 0 Å². The number of para-hydroxylation sites is 1. The van der Waals surface area contributed by atoms with Crippen LogP contribution in [0.5, 0.6) is 5.75 Å². The number of benzene rings is 3. The summed E-state index contributed by atoms with van der Waals surface area (Å²) in [7, 11) is 1.65. The fraction of sp³-hybridized carbons (Fsp3) is 0.174. The first-order valence-corrected chi connectivity index (χ1v) is 9.10. The molecule has 0 saturated carbocycles. The quantitative estimate of drug-likeness (QED) is 0.730. The van der Waals surface area contributed by atoms with E-state index in [9.17, 15) is 4.79 Å². The highest BCUT2D eigenvalue weighted by Gasteiger charge is 2.32. The Morgan fingerprint density at radius 1 is 0.926 bits per heavy atom. The highest BCUT2D eigenvalue weighted by Crippen LogP contribution is 2.33. The maximum atomic E-state index is 13.2. The van der Waals surface area contributed by atoms with Gasteiger partial charge in [-0.25, -0.2) is 0 Å². The molecule has 0 aromatic heterocycles. The molecular weight excluding hydrogens is 336 g/mol. The molecule has 4 nitrogen and oxygen atoms in total. The minimum atomic E-state index is -0.206. The molecule has 0 saturated heterocycles. The van der Waals surface area contributed by atoms with Crippen molar-refractivity contribution in [1.29, 1.82) is 0 Å². The van der Waals surface area contributed by atoms with E-state index in [1.54, 1.807) is 7.11 Å². The Morgan fingerprint density at radius 3 is 2.37 bits per heavy atom. The maximum Gasteiger partial charge on any atom is 0.257 e. The first-order chi connectivity index (χ1) is 13.3. The van der Waals surface area contributed by atoms with Gasteiger partial charge in [-0.3, -0.25) is 4.79 Å². The Hall–Kier alpha value is -3.27. The Balaban J connectivity index is 1.65. The summed E-state index contributed by atoms with van der Waals surface area (Å²) in [4.78, 5) is 15.1. The predicted molar refractivity (Wildman–Crippen MR) is 107 cm³/mol. The first-order valence-electron chi connectivity index (χ1n) is 9.10. The van der Waals surface area contributed by atoms with Crippen molar-refractivity contribution in [3.8, 4) is 5.75 Å². The van der Waals surface area contributed by atoms with Crippen LogP contribution in [0.4, 0.5) is 5.69 Å². The molecule has 1 N–H and O–H groups in total. The lowest BCUT2D eigenvalue weighted by atomic mass is 10.0. The molecule has 4 rings (SSSR count). The lowest BCUT2D eigenvalue weighted by Gasteiger charge is -2.38. The summed E-state index contributed by atoms with van der Waals surface area (Å²) in [6, 6.07) is 25.8. The van der Waals surface area contributed by atoms with E-state index >= 15 is 0 Å². The van der Waals surface area contributed by atoms with Crippen molar-refractivity contribution in [2.45, 2.75) is 12.6 Å². The lowest BCUT2D eigenvalue weighted by Crippen LogP contribution is -2.43. The molecule has 1 amide bonds. The molecule has 0 radical (unpaired) electrons. The van der Waals surface area contributed by atoms with Gasteiger partial charge >= 0.3 is 0 Å². The van der Waals surface area contributed by atoms with Gasteiger partial charge in [0.05, 0.1) is 12.7 Å². The fourth-order valence-corrected chi connectivity index (χ4v) is 3.47. The van der Waals surface area contributed by atoms with E-state index in [4.69, 9.17) is 4.74 Å². The summed E-state index contributed by atoms with van der Waals surface area (Å²) >= 11 is 0. The second-order valence-electron chi connectivity index (χ2n) is 6.60. The number of anilines is 1. The van der Waals surface area contributed by atoms with Gasteiger partial charge in [0, 0.05) is 12.2 Å². The van der Waals surface area contributed by atoms with Crippen molar-refractivity contribution in [2.24, 2.45) is 0 Å². The average molecular weight is 358 g/mol. The smallest absolute Gasteiger partial charge is 0.257 e. The number of hydrogen-bond donors (Lipinski definition) is 1. The first kappa shape index (κ1) is 17.2. The Morgan fingerprint density at radius 2 is 1.63 bits per heavy atom. The zero-order chi connectivity index (χ0) is 18.6. The molecule has 3 aromatic rings. The number of fused-ring (bicyclic) bond motifs is 1. The topological polar surface area (TPSA) is 41.6 Å². The van der Waals surface area contributed by atoms with Gasteiger partial charge in [0.25, 0.3) is 5.91 Å². The van der Waals surface area contributed by atoms with Crippen molar-refractivity contribution in [3.63, 3.8) is 0 Å². The molecule has 4 heteroatoms. The lowest BCUT2D eigenvalue weighted by molar-refractivity contribution is 0.0685. The van der Waals surface area contributed by atoms with E-state index in [0.29, 0.717) is 6.54 Å². The summed E-state index contributed by atoms with van der Waals surface area (Å²) in [5, 5.41) is 3.53. The summed E-state index contributed by atoms with van der Waals surface area (Å²) < 4.78 is 5.27. The zero-order valence-corrected chi connectivity index (χ0v) is 15.3. The molecular formula is C23H22N2O2. The number of ether oxygens (including phenoxy) is 1. The summed E-state index contributed by atoms with van der Waals surface area (Å²) in [6.45, 7) is 0.640. The molecule has 3 aromatic carbocycles. The second-order valence-corrected chi connectivity index (χ2v) is 6.60. The van der Waals surface area contributed by atoms with Gasteiger partial charge in [-0.1, -0.05) is 54.6 Å². The highest BCUT2D eigenvalue weighted by molar-refractivity contribution is 6.01. The number of nitrogens with zero attached hydrogens (tertiary/aromatic N) is 1. The normalized spacial score (nSPS) is 15.8. The molecule has 136 valence electrons. The van der Waals surface area contributed by atoms with Gasteiger partial charge in [0.1, 0.15) is 11.9 Å². The maximum absolute atomic E-state index is 13.2. The van der Waals surface area contributed by atoms with E-state index in [2.05, 4.69) is 17.4 Å². The third kappa shape index (κ3) is 3.51. The molecule has 1 heterocycles. The third-order valence-corrected chi connectivity index (χ3v) is 4.94. The fourth-order valence-electron chi connectivity index (χ4n) is 3.47. The standard InChI is InChI=1S/C23H22N2O2/c1-27-19-13-11-18(12-14-19)22-24-21-10-6-5-9-20(21)23(26)25(22)16-15-17-7-3-2-4-8-17/h2-14,22,24H,15-16H2,1H3/t22-/m1/s1. The number of rotatable bonds is 5. The van der Waals surface area contributed by atoms with Gasteiger partial charge in [-0.05, 0) is 41.8 Å². The van der Waals surface area contributed by atoms with E-state index in [-0.39, 0.29) is 12.1 Å². The molecule has 27 heavy (non-hydrogen) atoms. The van der Waals surface area contributed by atoms with Crippen LogP contribution in [0.3, 0.4) is 0 Å². The minimum absolute atomic E-state index is 0.0566. The SMILES string of the molecule is COc1ccc([C@@H]2Nc3ccccc3C(=O)N2CCc2ccccc2)cc1. The van der Waals surface area contributed by atoms with Crippen molar-refractivity contribution < 1.29 is 9.53 Å². The van der Waals surface area contributed by atoms with Crippen LogP contribution in [0.25, 0.3) is 0 Å². The molecule has 0 bridgehead atoms. The Kier molecular flexibility index (Phi) is 4.79. The monoisotopic (exact) mass is 358 g/mol. The van der Waals surface area contributed by atoms with Crippen molar-refractivity contribution >= 4 is 11.6 Å². The van der Waals surface area contributed by atoms with Crippen LogP contribution in [0, 0.1) is 0 Å². The largest absolute Gasteiger partial charge is 0.497 e. The third-order valence-electron chi connectivity index (χ3n) is 4.94. The van der Waals surface area contributed by atoms with Crippen molar-refractivity contribution in [3.05, 3.63) is 95.6 Å². The Bertz CT molecular complexity index is 923. The number of methoxy groups -OCH3 is 1. The number of carbonyl (C=O) groups excluding carboxylic acids is 1. The van der Waals surface area contributed by atoms with Crippen molar-refractivity contribution in [2.75, 3.05) is 19.0 Å². The number of carbonyl (C=O) groups is 1. The number of amides is 1. The average Bonchev–Trinajstić information content (AvgIpc) is 2.74. The van der Waals surface area contributed by atoms with Crippen LogP contribution < -0.4 is 10.1 Å². The van der Waals surface area contributed by atoms with Gasteiger partial charge < -0.3 is 15.0 Å². The molecule has 0 aliphatic carbocycles. The van der Waals surface area contributed by atoms with Crippen LogP contribution in [0.15, 0.2) is 78.9 Å². The van der Waals surface area contributed by atoms with Gasteiger partial charge in [-0.2, -0.15) is 0 Å². The molecule has 0 fully saturated rings. The van der Waals surface area contributed by atoms with Crippen molar-refractivity contribution in [1.82, 2.24) is 4.90 Å². The van der Waals surface area contributed by atoms with Crippen LogP contribution in [0.2, 0.25) is 0 Å². The summed E-state index contributed by atoms with van der Waals surface area (Å²) in [5.74, 6) is 0.859. The van der Waals surface area contributed by atoms with Gasteiger partial charge in [0.15, 0.2) is 0 Å². The number of nitrogens with one attached hydrogen (secondary N) is 1. The molecule has 1 aliphatic heterocycles. The predicted octanol–water partition coefficient (Wildman–Crippen LogP) is 4.50. The molecule has 0 unspecified atom stereocenters. The zero-order valence-electron chi connectivity index (χ0n) is 15.3. The molecule has 1 atom stereocenters. The highest BCUT2D eigenvalue weighted by atomic mass is 16.5. The van der Waals surface area contributed by atoms with Crippen LogP contribution in [0.1, 0.15) is 27.7 Å². The van der Waals surface area contributed by atoms with Gasteiger partial charge in [-0.15, -0.1) is 0 Å².